The number of hydrogen-bond acceptors (Lipinski definition) is 0. The number of alkyl halides is 3. The Morgan fingerprint density at radius 1 is 0.933 bits per heavy atom. The second-order valence-electron chi connectivity index (χ2n) is 3.13. The lowest BCUT2D eigenvalue weighted by Gasteiger charge is -2.11. The molecule has 0 spiro atoms. The summed E-state index contributed by atoms with van der Waals surface area (Å²) in [6, 6.07) is 8.79. The highest BCUT2D eigenvalue weighted by Gasteiger charge is 2.33. The van der Waals surface area contributed by atoms with Crippen molar-refractivity contribution in [3.8, 4) is 11.3 Å². The molecule has 0 bridgehead atoms. The van der Waals surface area contributed by atoms with Crippen LogP contribution in [0.2, 0.25) is 0 Å². The maximum atomic E-state index is 12.6. The van der Waals surface area contributed by atoms with Gasteiger partial charge in [0.2, 0.25) is 0 Å². The van der Waals surface area contributed by atoms with Gasteiger partial charge >= 0.3 is 6.18 Å². The van der Waals surface area contributed by atoms with Gasteiger partial charge in [-0.1, -0.05) is 18.2 Å². The third-order valence-corrected chi connectivity index (χ3v) is 2.12. The molecule has 1 heterocycles. The largest absolute Gasteiger partial charge is 0.417 e. The van der Waals surface area contributed by atoms with Gasteiger partial charge in [-0.3, -0.25) is 0 Å². The van der Waals surface area contributed by atoms with Crippen LogP contribution in [-0.2, 0) is 6.18 Å². The average molecular weight is 211 g/mol. The first-order valence-electron chi connectivity index (χ1n) is 4.39. The standard InChI is InChI=1S/C11H8F3N/c12-11(13,14)9-5-2-1-4-8(9)10-6-3-7-15-10/h1-7,15H. The van der Waals surface area contributed by atoms with Gasteiger partial charge in [0.1, 0.15) is 0 Å². The summed E-state index contributed by atoms with van der Waals surface area (Å²) in [5.41, 5.74) is 0.0328. The summed E-state index contributed by atoms with van der Waals surface area (Å²) in [6.07, 6.45) is -2.72. The molecule has 0 atom stereocenters. The van der Waals surface area contributed by atoms with E-state index in [4.69, 9.17) is 0 Å². The highest BCUT2D eigenvalue weighted by Crippen LogP contribution is 2.36. The molecule has 78 valence electrons. The van der Waals surface area contributed by atoms with Crippen LogP contribution in [0, 0.1) is 0 Å². The molecule has 2 rings (SSSR count). The molecule has 2 aromatic rings. The van der Waals surface area contributed by atoms with Gasteiger partial charge in [-0.25, -0.2) is 0 Å². The number of aromatic amines is 1. The lowest BCUT2D eigenvalue weighted by Crippen LogP contribution is -2.06. The predicted molar refractivity (Wildman–Crippen MR) is 51.2 cm³/mol. The number of aromatic nitrogens is 1. The number of nitrogens with one attached hydrogen (secondary N) is 1. The van der Waals surface area contributed by atoms with E-state index in [9.17, 15) is 13.2 Å². The summed E-state index contributed by atoms with van der Waals surface area (Å²) in [4.78, 5) is 2.77. The molecule has 1 N–H and O–H groups in total. The lowest BCUT2D eigenvalue weighted by atomic mass is 10.0. The van der Waals surface area contributed by atoms with E-state index in [1.807, 2.05) is 0 Å². The second-order valence-corrected chi connectivity index (χ2v) is 3.13. The van der Waals surface area contributed by atoms with Crippen molar-refractivity contribution >= 4 is 0 Å². The van der Waals surface area contributed by atoms with E-state index in [2.05, 4.69) is 4.98 Å². The third-order valence-electron chi connectivity index (χ3n) is 2.12. The van der Waals surface area contributed by atoms with Crippen LogP contribution in [0.1, 0.15) is 5.56 Å². The highest BCUT2D eigenvalue weighted by atomic mass is 19.4. The smallest absolute Gasteiger partial charge is 0.361 e. The first-order valence-corrected chi connectivity index (χ1v) is 4.39. The minimum atomic E-state index is -4.32. The number of hydrogen-bond donors (Lipinski definition) is 1. The molecule has 1 aromatic carbocycles. The Hall–Kier alpha value is -1.71. The maximum absolute atomic E-state index is 12.6. The van der Waals surface area contributed by atoms with Crippen LogP contribution in [0.15, 0.2) is 42.6 Å². The average Bonchev–Trinajstić information content (AvgIpc) is 2.69. The van der Waals surface area contributed by atoms with Gasteiger partial charge in [0, 0.05) is 17.5 Å². The van der Waals surface area contributed by atoms with Crippen molar-refractivity contribution in [3.63, 3.8) is 0 Å². The Morgan fingerprint density at radius 3 is 2.27 bits per heavy atom. The second kappa shape index (κ2) is 3.46. The molecule has 1 aromatic heterocycles. The van der Waals surface area contributed by atoms with Crippen LogP contribution in [0.25, 0.3) is 11.3 Å². The van der Waals surface area contributed by atoms with E-state index in [0.717, 1.165) is 6.07 Å². The van der Waals surface area contributed by atoms with Crippen molar-refractivity contribution in [1.29, 1.82) is 0 Å². The summed E-state index contributed by atoms with van der Waals surface area (Å²) in [5, 5.41) is 0. The Morgan fingerprint density at radius 2 is 1.67 bits per heavy atom. The molecule has 0 saturated heterocycles. The van der Waals surface area contributed by atoms with Gasteiger partial charge in [-0.2, -0.15) is 13.2 Å². The van der Waals surface area contributed by atoms with E-state index in [1.54, 1.807) is 24.4 Å². The van der Waals surface area contributed by atoms with Gasteiger partial charge in [0.25, 0.3) is 0 Å². The molecular weight excluding hydrogens is 203 g/mol. The maximum Gasteiger partial charge on any atom is 0.417 e. The molecule has 0 radical (unpaired) electrons. The summed E-state index contributed by atoms with van der Waals surface area (Å²) in [7, 11) is 0. The van der Waals surface area contributed by atoms with Crippen molar-refractivity contribution < 1.29 is 13.2 Å². The fraction of sp³-hybridized carbons (Fsp3) is 0.0909. The van der Waals surface area contributed by atoms with Crippen LogP contribution < -0.4 is 0 Å². The molecule has 0 unspecified atom stereocenters. The molecule has 0 saturated carbocycles. The zero-order chi connectivity index (χ0) is 10.9. The first kappa shape index (κ1) is 9.83. The van der Waals surface area contributed by atoms with Crippen molar-refractivity contribution in [2.75, 3.05) is 0 Å². The predicted octanol–water partition coefficient (Wildman–Crippen LogP) is 3.70. The van der Waals surface area contributed by atoms with Gasteiger partial charge in [0.15, 0.2) is 0 Å². The Balaban J connectivity index is 2.58. The summed E-state index contributed by atoms with van der Waals surface area (Å²) in [6.45, 7) is 0. The molecular formula is C11H8F3N. The lowest BCUT2D eigenvalue weighted by molar-refractivity contribution is -0.137. The van der Waals surface area contributed by atoms with Gasteiger partial charge < -0.3 is 4.98 Å². The van der Waals surface area contributed by atoms with E-state index >= 15 is 0 Å². The van der Waals surface area contributed by atoms with E-state index in [1.165, 1.54) is 12.1 Å². The SMILES string of the molecule is FC(F)(F)c1ccccc1-c1ccc[nH]1. The minimum Gasteiger partial charge on any atom is -0.361 e. The van der Waals surface area contributed by atoms with Crippen molar-refractivity contribution in [2.24, 2.45) is 0 Å². The summed E-state index contributed by atoms with van der Waals surface area (Å²) in [5.74, 6) is 0. The molecule has 0 aliphatic carbocycles. The van der Waals surface area contributed by atoms with Crippen molar-refractivity contribution in [3.05, 3.63) is 48.2 Å². The molecule has 1 nitrogen and oxygen atoms in total. The fourth-order valence-corrected chi connectivity index (χ4v) is 1.46. The third kappa shape index (κ3) is 1.88. The Labute approximate surface area is 84.6 Å². The van der Waals surface area contributed by atoms with Crippen LogP contribution in [0.5, 0.6) is 0 Å². The van der Waals surface area contributed by atoms with E-state index < -0.39 is 11.7 Å². The Bertz CT molecular complexity index is 443. The monoisotopic (exact) mass is 211 g/mol. The topological polar surface area (TPSA) is 15.8 Å². The number of rotatable bonds is 1. The van der Waals surface area contributed by atoms with Crippen LogP contribution in [0.4, 0.5) is 13.2 Å². The molecule has 0 fully saturated rings. The van der Waals surface area contributed by atoms with Crippen LogP contribution >= 0.6 is 0 Å². The van der Waals surface area contributed by atoms with Gasteiger partial charge in [0.05, 0.1) is 5.56 Å². The highest BCUT2D eigenvalue weighted by molar-refractivity contribution is 5.64. The normalized spacial score (nSPS) is 11.7. The zero-order valence-electron chi connectivity index (χ0n) is 7.68. The molecule has 0 amide bonds. The van der Waals surface area contributed by atoms with Crippen molar-refractivity contribution in [1.82, 2.24) is 4.98 Å². The quantitative estimate of drug-likeness (QED) is 0.740. The number of benzene rings is 1. The minimum absolute atomic E-state index is 0.176. The molecule has 0 aliphatic rings. The molecule has 0 aliphatic heterocycles. The fourth-order valence-electron chi connectivity index (χ4n) is 1.46. The number of H-pyrrole nitrogens is 1. The molecule has 4 heteroatoms. The Kier molecular flexibility index (Phi) is 2.26. The van der Waals surface area contributed by atoms with Crippen LogP contribution in [0.3, 0.4) is 0 Å². The van der Waals surface area contributed by atoms with Crippen LogP contribution in [-0.4, -0.2) is 4.98 Å². The van der Waals surface area contributed by atoms with Crippen molar-refractivity contribution in [2.45, 2.75) is 6.18 Å². The number of halogens is 3. The summed E-state index contributed by atoms with van der Waals surface area (Å²) >= 11 is 0. The summed E-state index contributed by atoms with van der Waals surface area (Å²) < 4.78 is 37.9. The van der Waals surface area contributed by atoms with Gasteiger partial charge in [-0.05, 0) is 18.2 Å². The zero-order valence-corrected chi connectivity index (χ0v) is 7.68. The van der Waals surface area contributed by atoms with E-state index in [0.29, 0.717) is 5.69 Å². The van der Waals surface area contributed by atoms with Gasteiger partial charge in [-0.15, -0.1) is 0 Å². The van der Waals surface area contributed by atoms with E-state index in [-0.39, 0.29) is 5.56 Å². The first-order chi connectivity index (χ1) is 7.09. The molecule has 15 heavy (non-hydrogen) atoms.